The first-order valence-electron chi connectivity index (χ1n) is 5.54. The van der Waals surface area contributed by atoms with E-state index in [9.17, 15) is 4.39 Å². The highest BCUT2D eigenvalue weighted by Gasteiger charge is 2.10. The number of fused-ring (bicyclic) bond motifs is 1. The van der Waals surface area contributed by atoms with E-state index >= 15 is 0 Å². The van der Waals surface area contributed by atoms with Gasteiger partial charge in [-0.25, -0.2) is 9.37 Å². The molecule has 0 spiro atoms. The SMILES string of the molecule is Cn1cc(C=C(Cl)c2nc3ccc(F)cc3o2)cn1. The van der Waals surface area contributed by atoms with E-state index in [0.717, 1.165) is 5.56 Å². The molecule has 0 aliphatic heterocycles. The second kappa shape index (κ2) is 4.51. The van der Waals surface area contributed by atoms with E-state index in [-0.39, 0.29) is 11.7 Å². The summed E-state index contributed by atoms with van der Waals surface area (Å²) in [6, 6.07) is 4.15. The lowest BCUT2D eigenvalue weighted by Gasteiger charge is -1.90. The molecule has 0 bridgehead atoms. The van der Waals surface area contributed by atoms with Gasteiger partial charge in [0.2, 0.25) is 5.89 Å². The van der Waals surface area contributed by atoms with Crippen LogP contribution in [0, 0.1) is 5.82 Å². The predicted molar refractivity (Wildman–Crippen MR) is 70.9 cm³/mol. The van der Waals surface area contributed by atoms with Gasteiger partial charge >= 0.3 is 0 Å². The molecule has 2 aromatic heterocycles. The Bertz CT molecular complexity index is 775. The quantitative estimate of drug-likeness (QED) is 0.721. The topological polar surface area (TPSA) is 43.9 Å². The van der Waals surface area contributed by atoms with Crippen molar-refractivity contribution in [2.24, 2.45) is 7.05 Å². The van der Waals surface area contributed by atoms with Crippen LogP contribution in [0.15, 0.2) is 35.0 Å². The van der Waals surface area contributed by atoms with Gasteiger partial charge in [-0.05, 0) is 18.2 Å². The molecule has 3 rings (SSSR count). The zero-order chi connectivity index (χ0) is 13.4. The van der Waals surface area contributed by atoms with Crippen LogP contribution in [0.3, 0.4) is 0 Å². The van der Waals surface area contributed by atoms with Crippen LogP contribution in [0.25, 0.3) is 22.2 Å². The number of benzene rings is 1. The highest BCUT2D eigenvalue weighted by Crippen LogP contribution is 2.25. The number of halogens is 2. The Labute approximate surface area is 113 Å². The Hall–Kier alpha value is -2.14. The van der Waals surface area contributed by atoms with Crippen molar-refractivity contribution in [2.75, 3.05) is 0 Å². The fourth-order valence-corrected chi connectivity index (χ4v) is 1.93. The molecule has 0 aliphatic carbocycles. The van der Waals surface area contributed by atoms with E-state index in [2.05, 4.69) is 10.1 Å². The van der Waals surface area contributed by atoms with Crippen LogP contribution in [0.4, 0.5) is 4.39 Å². The summed E-state index contributed by atoms with van der Waals surface area (Å²) in [7, 11) is 1.81. The summed E-state index contributed by atoms with van der Waals surface area (Å²) in [5, 5.41) is 4.37. The molecule has 96 valence electrons. The van der Waals surface area contributed by atoms with Crippen molar-refractivity contribution in [3.63, 3.8) is 0 Å². The molecule has 1 aromatic carbocycles. The first-order valence-corrected chi connectivity index (χ1v) is 5.92. The minimum absolute atomic E-state index is 0.256. The zero-order valence-corrected chi connectivity index (χ0v) is 10.7. The zero-order valence-electron chi connectivity index (χ0n) is 9.97. The number of hydrogen-bond donors (Lipinski definition) is 0. The Morgan fingerprint density at radius 1 is 1.47 bits per heavy atom. The van der Waals surface area contributed by atoms with Crippen LogP contribution >= 0.6 is 11.6 Å². The van der Waals surface area contributed by atoms with Crippen LogP contribution in [-0.2, 0) is 7.05 Å². The van der Waals surface area contributed by atoms with Crippen molar-refractivity contribution in [1.82, 2.24) is 14.8 Å². The first kappa shape index (κ1) is 11.9. The Kier molecular flexibility index (Phi) is 2.83. The molecule has 4 nitrogen and oxygen atoms in total. The largest absolute Gasteiger partial charge is 0.435 e. The average Bonchev–Trinajstić information content (AvgIpc) is 2.95. The van der Waals surface area contributed by atoms with Gasteiger partial charge in [-0.2, -0.15) is 5.10 Å². The van der Waals surface area contributed by atoms with E-state index < -0.39 is 0 Å². The highest BCUT2D eigenvalue weighted by atomic mass is 35.5. The summed E-state index contributed by atoms with van der Waals surface area (Å²) in [6.07, 6.45) is 5.17. The number of nitrogens with zero attached hydrogens (tertiary/aromatic N) is 3. The van der Waals surface area contributed by atoms with Crippen LogP contribution in [0.5, 0.6) is 0 Å². The standard InChI is InChI=1S/C13H9ClFN3O/c1-18-7-8(6-16-18)4-10(14)13-17-11-3-2-9(15)5-12(11)19-13/h2-7H,1H3. The second-order valence-corrected chi connectivity index (χ2v) is 4.48. The monoisotopic (exact) mass is 277 g/mol. The summed E-state index contributed by atoms with van der Waals surface area (Å²) in [6.45, 7) is 0. The van der Waals surface area contributed by atoms with Crippen molar-refractivity contribution in [1.29, 1.82) is 0 Å². The number of oxazole rings is 1. The number of rotatable bonds is 2. The molecule has 6 heteroatoms. The van der Waals surface area contributed by atoms with E-state index in [4.69, 9.17) is 16.0 Å². The maximum absolute atomic E-state index is 13.1. The van der Waals surface area contributed by atoms with Gasteiger partial charge in [-0.3, -0.25) is 4.68 Å². The number of aromatic nitrogens is 3. The lowest BCUT2D eigenvalue weighted by Crippen LogP contribution is -1.84. The second-order valence-electron chi connectivity index (χ2n) is 4.07. The van der Waals surface area contributed by atoms with Gasteiger partial charge in [0.15, 0.2) is 5.58 Å². The molecule has 3 aromatic rings. The summed E-state index contributed by atoms with van der Waals surface area (Å²) >= 11 is 6.14. The van der Waals surface area contributed by atoms with Crippen LogP contribution < -0.4 is 0 Å². The minimum Gasteiger partial charge on any atom is -0.435 e. The summed E-state index contributed by atoms with van der Waals surface area (Å²) in [5.41, 5.74) is 1.77. The summed E-state index contributed by atoms with van der Waals surface area (Å²) in [5.74, 6) is -0.117. The molecule has 0 amide bonds. The molecule has 2 heterocycles. The van der Waals surface area contributed by atoms with Crippen molar-refractivity contribution in [3.05, 3.63) is 47.9 Å². The molecule has 0 saturated carbocycles. The normalized spacial score (nSPS) is 12.3. The van der Waals surface area contributed by atoms with Gasteiger partial charge in [-0.1, -0.05) is 11.6 Å². The lowest BCUT2D eigenvalue weighted by molar-refractivity contribution is 0.579. The molecule has 0 N–H and O–H groups in total. The highest BCUT2D eigenvalue weighted by molar-refractivity contribution is 6.50. The summed E-state index contributed by atoms with van der Waals surface area (Å²) in [4.78, 5) is 4.20. The third kappa shape index (κ3) is 2.37. The van der Waals surface area contributed by atoms with E-state index in [0.29, 0.717) is 16.1 Å². The molecule has 0 saturated heterocycles. The van der Waals surface area contributed by atoms with Gasteiger partial charge in [0.25, 0.3) is 0 Å². The molecule has 0 fully saturated rings. The van der Waals surface area contributed by atoms with Gasteiger partial charge in [-0.15, -0.1) is 0 Å². The molecule has 0 aliphatic rings. The Balaban J connectivity index is 2.01. The van der Waals surface area contributed by atoms with Gasteiger partial charge in [0, 0.05) is 24.9 Å². The lowest BCUT2D eigenvalue weighted by atomic mass is 10.3. The number of aryl methyl sites for hydroxylation is 1. The average molecular weight is 278 g/mol. The van der Waals surface area contributed by atoms with Crippen molar-refractivity contribution in [3.8, 4) is 0 Å². The summed E-state index contributed by atoms with van der Waals surface area (Å²) < 4.78 is 20.1. The smallest absolute Gasteiger partial charge is 0.238 e. The molecule has 0 radical (unpaired) electrons. The predicted octanol–water partition coefficient (Wildman–Crippen LogP) is 3.44. The van der Waals surface area contributed by atoms with Gasteiger partial charge in [0.1, 0.15) is 16.4 Å². The first-order chi connectivity index (χ1) is 9.11. The van der Waals surface area contributed by atoms with Gasteiger partial charge < -0.3 is 4.42 Å². The minimum atomic E-state index is -0.373. The van der Waals surface area contributed by atoms with Crippen LogP contribution in [0.2, 0.25) is 0 Å². The maximum Gasteiger partial charge on any atom is 0.238 e. The van der Waals surface area contributed by atoms with Crippen LogP contribution in [0.1, 0.15) is 11.5 Å². The Morgan fingerprint density at radius 3 is 3.05 bits per heavy atom. The Morgan fingerprint density at radius 2 is 2.32 bits per heavy atom. The third-order valence-corrected chi connectivity index (χ3v) is 2.84. The van der Waals surface area contributed by atoms with Crippen molar-refractivity contribution in [2.45, 2.75) is 0 Å². The molecule has 0 atom stereocenters. The third-order valence-electron chi connectivity index (χ3n) is 2.57. The van der Waals surface area contributed by atoms with Crippen LogP contribution in [-0.4, -0.2) is 14.8 Å². The van der Waals surface area contributed by atoms with Gasteiger partial charge in [0.05, 0.1) is 6.20 Å². The fourth-order valence-electron chi connectivity index (χ4n) is 1.72. The molecule has 0 unspecified atom stereocenters. The number of hydrogen-bond acceptors (Lipinski definition) is 3. The van der Waals surface area contributed by atoms with Crippen molar-refractivity contribution < 1.29 is 8.81 Å². The van der Waals surface area contributed by atoms with E-state index in [1.165, 1.54) is 12.1 Å². The fraction of sp³-hybridized carbons (Fsp3) is 0.0769. The molecular weight excluding hydrogens is 269 g/mol. The van der Waals surface area contributed by atoms with Crippen molar-refractivity contribution >= 4 is 33.8 Å². The molecule has 19 heavy (non-hydrogen) atoms. The molecular formula is C13H9ClFN3O. The van der Waals surface area contributed by atoms with E-state index in [1.807, 2.05) is 13.2 Å². The maximum atomic E-state index is 13.1. The van der Waals surface area contributed by atoms with E-state index in [1.54, 1.807) is 23.0 Å².